The third kappa shape index (κ3) is 2.83. The molecule has 0 saturated heterocycles. The molecule has 1 aromatic carbocycles. The first-order valence-electron chi connectivity index (χ1n) is 5.20. The molecule has 0 saturated carbocycles. The van der Waals surface area contributed by atoms with Crippen LogP contribution in [0.3, 0.4) is 0 Å². The number of nitrogens with zero attached hydrogens (tertiary/aromatic N) is 1. The lowest BCUT2D eigenvalue weighted by Gasteiger charge is -2.06. The first-order valence-corrected chi connectivity index (χ1v) is 6.39. The number of carboxylic acids is 1. The third-order valence-electron chi connectivity index (χ3n) is 2.35. The molecule has 0 aliphatic carbocycles. The van der Waals surface area contributed by atoms with Gasteiger partial charge in [-0.05, 0) is 42.8 Å². The standard InChI is InChI=1S/C13H10ClNO2S/c1-8-7-9(13(16)17)4-5-11(8)18-12-10(14)3-2-6-15-12/h2-7H,1H3,(H,16,17). The fraction of sp³-hybridized carbons (Fsp3) is 0.0769. The predicted octanol–water partition coefficient (Wildman–Crippen LogP) is 3.89. The Hall–Kier alpha value is -1.52. The van der Waals surface area contributed by atoms with Crippen LogP contribution in [0.2, 0.25) is 5.02 Å². The Kier molecular flexibility index (Phi) is 3.89. The molecule has 3 nitrogen and oxygen atoms in total. The molecule has 1 aromatic heterocycles. The molecular weight excluding hydrogens is 270 g/mol. The van der Waals surface area contributed by atoms with E-state index < -0.39 is 5.97 Å². The fourth-order valence-corrected chi connectivity index (χ4v) is 2.53. The Morgan fingerprint density at radius 1 is 1.39 bits per heavy atom. The largest absolute Gasteiger partial charge is 0.478 e. The summed E-state index contributed by atoms with van der Waals surface area (Å²) in [6, 6.07) is 8.54. The summed E-state index contributed by atoms with van der Waals surface area (Å²) in [5.41, 5.74) is 1.17. The van der Waals surface area contributed by atoms with Gasteiger partial charge in [0.05, 0.1) is 10.6 Å². The molecule has 0 aliphatic heterocycles. The molecule has 0 unspecified atom stereocenters. The molecule has 2 aromatic rings. The van der Waals surface area contributed by atoms with Crippen LogP contribution in [-0.4, -0.2) is 16.1 Å². The lowest BCUT2D eigenvalue weighted by atomic mass is 10.1. The number of aryl methyl sites for hydroxylation is 1. The average molecular weight is 280 g/mol. The fourth-order valence-electron chi connectivity index (χ4n) is 1.45. The molecule has 2 rings (SSSR count). The van der Waals surface area contributed by atoms with Gasteiger partial charge in [-0.3, -0.25) is 0 Å². The Bertz CT molecular complexity index is 601. The van der Waals surface area contributed by atoms with Gasteiger partial charge in [0.1, 0.15) is 5.03 Å². The van der Waals surface area contributed by atoms with Gasteiger partial charge in [-0.15, -0.1) is 0 Å². The molecule has 0 spiro atoms. The molecule has 0 radical (unpaired) electrons. The summed E-state index contributed by atoms with van der Waals surface area (Å²) in [6.45, 7) is 1.87. The molecule has 0 atom stereocenters. The summed E-state index contributed by atoms with van der Waals surface area (Å²) >= 11 is 7.46. The van der Waals surface area contributed by atoms with Crippen LogP contribution in [0.25, 0.3) is 0 Å². The van der Waals surface area contributed by atoms with E-state index in [1.807, 2.05) is 6.92 Å². The van der Waals surface area contributed by atoms with Crippen molar-refractivity contribution in [2.45, 2.75) is 16.8 Å². The van der Waals surface area contributed by atoms with E-state index in [1.165, 1.54) is 11.8 Å². The maximum atomic E-state index is 10.8. The number of carbonyl (C=O) groups is 1. The normalized spacial score (nSPS) is 10.3. The number of carboxylic acid groups (broad SMARTS) is 1. The number of hydrogen-bond donors (Lipinski definition) is 1. The molecule has 1 N–H and O–H groups in total. The van der Waals surface area contributed by atoms with Gasteiger partial charge in [0.2, 0.25) is 0 Å². The van der Waals surface area contributed by atoms with Crippen molar-refractivity contribution < 1.29 is 9.90 Å². The summed E-state index contributed by atoms with van der Waals surface area (Å²) in [6.07, 6.45) is 1.68. The highest BCUT2D eigenvalue weighted by molar-refractivity contribution is 7.99. The number of benzene rings is 1. The highest BCUT2D eigenvalue weighted by Gasteiger charge is 2.09. The van der Waals surface area contributed by atoms with Crippen LogP contribution in [0.5, 0.6) is 0 Å². The SMILES string of the molecule is Cc1cc(C(=O)O)ccc1Sc1ncccc1Cl. The lowest BCUT2D eigenvalue weighted by Crippen LogP contribution is -1.96. The van der Waals surface area contributed by atoms with Gasteiger partial charge in [-0.1, -0.05) is 23.4 Å². The monoisotopic (exact) mass is 279 g/mol. The molecule has 0 aliphatic rings. The third-order valence-corrected chi connectivity index (χ3v) is 3.97. The van der Waals surface area contributed by atoms with Crippen molar-refractivity contribution in [2.24, 2.45) is 0 Å². The smallest absolute Gasteiger partial charge is 0.335 e. The van der Waals surface area contributed by atoms with E-state index >= 15 is 0 Å². The molecule has 5 heteroatoms. The minimum absolute atomic E-state index is 0.281. The number of pyridine rings is 1. The molecule has 0 fully saturated rings. The molecule has 18 heavy (non-hydrogen) atoms. The van der Waals surface area contributed by atoms with Crippen LogP contribution >= 0.6 is 23.4 Å². The summed E-state index contributed by atoms with van der Waals surface area (Å²) in [7, 11) is 0. The zero-order valence-corrected chi connectivity index (χ0v) is 11.1. The quantitative estimate of drug-likeness (QED) is 0.926. The highest BCUT2D eigenvalue weighted by atomic mass is 35.5. The molecule has 1 heterocycles. The van der Waals surface area contributed by atoms with E-state index in [-0.39, 0.29) is 5.56 Å². The molecule has 0 bridgehead atoms. The second-order valence-corrected chi connectivity index (χ2v) is 5.12. The van der Waals surface area contributed by atoms with Gasteiger partial charge in [0.25, 0.3) is 0 Å². The maximum Gasteiger partial charge on any atom is 0.335 e. The maximum absolute atomic E-state index is 10.8. The Balaban J connectivity index is 2.30. The molecule has 92 valence electrons. The predicted molar refractivity (Wildman–Crippen MR) is 71.5 cm³/mol. The van der Waals surface area contributed by atoms with Crippen LogP contribution in [0, 0.1) is 6.92 Å². The summed E-state index contributed by atoms with van der Waals surface area (Å²) < 4.78 is 0. The van der Waals surface area contributed by atoms with E-state index in [0.29, 0.717) is 10.0 Å². The van der Waals surface area contributed by atoms with Gasteiger partial charge >= 0.3 is 5.97 Å². The van der Waals surface area contributed by atoms with Crippen LogP contribution in [-0.2, 0) is 0 Å². The van der Waals surface area contributed by atoms with Crippen molar-refractivity contribution in [3.05, 3.63) is 52.7 Å². The first kappa shape index (κ1) is 12.9. The van der Waals surface area contributed by atoms with Gasteiger partial charge < -0.3 is 5.11 Å². The van der Waals surface area contributed by atoms with E-state index in [9.17, 15) is 4.79 Å². The van der Waals surface area contributed by atoms with Crippen molar-refractivity contribution in [1.82, 2.24) is 4.98 Å². The summed E-state index contributed by atoms with van der Waals surface area (Å²) in [5, 5.41) is 10.2. The number of aromatic nitrogens is 1. The topological polar surface area (TPSA) is 50.2 Å². The van der Waals surface area contributed by atoms with Crippen LogP contribution in [0.1, 0.15) is 15.9 Å². The highest BCUT2D eigenvalue weighted by Crippen LogP contribution is 2.33. The van der Waals surface area contributed by atoms with Crippen molar-refractivity contribution >= 4 is 29.3 Å². The van der Waals surface area contributed by atoms with Crippen molar-refractivity contribution in [1.29, 1.82) is 0 Å². The van der Waals surface area contributed by atoms with Gasteiger partial charge in [0.15, 0.2) is 0 Å². The number of halogens is 1. The first-order chi connectivity index (χ1) is 8.58. The minimum atomic E-state index is -0.925. The minimum Gasteiger partial charge on any atom is -0.478 e. The molecule has 0 amide bonds. The van der Waals surface area contributed by atoms with E-state index in [0.717, 1.165) is 10.5 Å². The Morgan fingerprint density at radius 3 is 2.78 bits per heavy atom. The van der Waals surface area contributed by atoms with Crippen LogP contribution in [0.4, 0.5) is 0 Å². The number of hydrogen-bond acceptors (Lipinski definition) is 3. The van der Waals surface area contributed by atoms with E-state index in [2.05, 4.69) is 4.98 Å². The van der Waals surface area contributed by atoms with Crippen LogP contribution in [0.15, 0.2) is 46.5 Å². The van der Waals surface area contributed by atoms with Gasteiger partial charge in [-0.2, -0.15) is 0 Å². The summed E-state index contributed by atoms with van der Waals surface area (Å²) in [4.78, 5) is 16.0. The second-order valence-electron chi connectivity index (χ2n) is 3.68. The molecular formula is C13H10ClNO2S. The van der Waals surface area contributed by atoms with Crippen LogP contribution < -0.4 is 0 Å². The van der Waals surface area contributed by atoms with Crippen molar-refractivity contribution in [2.75, 3.05) is 0 Å². The average Bonchev–Trinajstić information content (AvgIpc) is 2.34. The summed E-state index contributed by atoms with van der Waals surface area (Å²) in [5.74, 6) is -0.925. The zero-order valence-electron chi connectivity index (χ0n) is 9.55. The number of rotatable bonds is 3. The van der Waals surface area contributed by atoms with E-state index in [4.69, 9.17) is 16.7 Å². The Morgan fingerprint density at radius 2 is 2.17 bits per heavy atom. The Labute approximate surface area is 114 Å². The van der Waals surface area contributed by atoms with Gasteiger partial charge in [0, 0.05) is 11.1 Å². The lowest BCUT2D eigenvalue weighted by molar-refractivity contribution is 0.0696. The van der Waals surface area contributed by atoms with E-state index in [1.54, 1.807) is 36.5 Å². The van der Waals surface area contributed by atoms with Gasteiger partial charge in [-0.25, -0.2) is 9.78 Å². The van der Waals surface area contributed by atoms with Crippen molar-refractivity contribution in [3.63, 3.8) is 0 Å². The van der Waals surface area contributed by atoms with Crippen molar-refractivity contribution in [3.8, 4) is 0 Å². The zero-order chi connectivity index (χ0) is 13.1. The second kappa shape index (κ2) is 5.42. The number of aromatic carboxylic acids is 1.